The van der Waals surface area contributed by atoms with Crippen LogP contribution >= 0.6 is 15.9 Å². The minimum Gasteiger partial charge on any atom is -0.390 e. The second kappa shape index (κ2) is 5.42. The van der Waals surface area contributed by atoms with Gasteiger partial charge in [-0.15, -0.1) is 0 Å². The predicted molar refractivity (Wildman–Crippen MR) is 83.1 cm³/mol. The minimum atomic E-state index is -4.97. The lowest BCUT2D eigenvalue weighted by Crippen LogP contribution is -2.50. The van der Waals surface area contributed by atoms with Crippen LogP contribution in [0.3, 0.4) is 0 Å². The number of hydrogen-bond donors (Lipinski definition) is 2. The van der Waals surface area contributed by atoms with Crippen LogP contribution in [0.4, 0.5) is 13.2 Å². The summed E-state index contributed by atoms with van der Waals surface area (Å²) in [6.45, 7) is 0.916. The third-order valence-electron chi connectivity index (χ3n) is 3.25. The summed E-state index contributed by atoms with van der Waals surface area (Å²) in [5, 5.41) is 19.1. The van der Waals surface area contributed by atoms with Gasteiger partial charge >= 0.3 is 6.18 Å². The zero-order valence-corrected chi connectivity index (χ0v) is 13.3. The summed E-state index contributed by atoms with van der Waals surface area (Å²) in [5.41, 5.74) is -2.86. The average molecular weight is 349 g/mol. The Labute approximate surface area is 127 Å². The maximum absolute atomic E-state index is 13.1. The second-order valence-electron chi connectivity index (χ2n) is 5.88. The van der Waals surface area contributed by atoms with Crippen molar-refractivity contribution >= 4 is 39.5 Å². The average Bonchev–Trinajstić information content (AvgIpc) is 2.23. The lowest BCUT2D eigenvalue weighted by molar-refractivity contribution is -0.295. The van der Waals surface area contributed by atoms with Gasteiger partial charge in [-0.2, -0.15) is 13.2 Å². The molecule has 0 bridgehead atoms. The second-order valence-corrected chi connectivity index (χ2v) is 6.74. The van der Waals surface area contributed by atoms with E-state index in [-0.39, 0.29) is 10.7 Å². The molecule has 0 fully saturated rings. The van der Waals surface area contributed by atoms with Crippen LogP contribution in [0.2, 0.25) is 0 Å². The SMILES string of the molecule is BC(B)(B)c1ccc(C(O)(C(C)O)C(F)(F)F)cc1Br. The van der Waals surface area contributed by atoms with Crippen molar-refractivity contribution < 1.29 is 23.4 Å². The molecule has 0 saturated heterocycles. The maximum atomic E-state index is 13.1. The molecule has 0 amide bonds. The first kappa shape index (κ1) is 17.7. The predicted octanol–water partition coefficient (Wildman–Crippen LogP) is -0.411. The zero-order valence-electron chi connectivity index (χ0n) is 11.7. The van der Waals surface area contributed by atoms with Crippen LogP contribution in [-0.4, -0.2) is 46.0 Å². The molecule has 1 aromatic carbocycles. The van der Waals surface area contributed by atoms with Crippen LogP contribution in [0.25, 0.3) is 0 Å². The highest BCUT2D eigenvalue weighted by Crippen LogP contribution is 2.43. The van der Waals surface area contributed by atoms with Crippen molar-refractivity contribution in [1.29, 1.82) is 0 Å². The van der Waals surface area contributed by atoms with E-state index in [1.165, 1.54) is 18.2 Å². The summed E-state index contributed by atoms with van der Waals surface area (Å²) in [6.07, 6.45) is -6.95. The first-order valence-electron chi connectivity index (χ1n) is 6.09. The maximum Gasteiger partial charge on any atom is 0.424 e. The Morgan fingerprint density at radius 2 is 1.70 bits per heavy atom. The monoisotopic (exact) mass is 348 g/mol. The van der Waals surface area contributed by atoms with E-state index in [0.717, 1.165) is 12.5 Å². The Morgan fingerprint density at radius 1 is 1.20 bits per heavy atom. The molecule has 2 unspecified atom stereocenters. The largest absolute Gasteiger partial charge is 0.424 e. The van der Waals surface area contributed by atoms with Gasteiger partial charge in [0.05, 0.1) is 29.6 Å². The third-order valence-corrected chi connectivity index (χ3v) is 3.91. The van der Waals surface area contributed by atoms with E-state index in [0.29, 0.717) is 4.47 Å². The molecule has 2 atom stereocenters. The molecule has 0 aliphatic heterocycles. The van der Waals surface area contributed by atoms with E-state index in [9.17, 15) is 23.4 Å². The molecule has 0 aliphatic rings. The Bertz CT molecular complexity index is 503. The van der Waals surface area contributed by atoms with Gasteiger partial charge in [0.2, 0.25) is 5.60 Å². The number of halogens is 4. The Balaban J connectivity index is 3.44. The van der Waals surface area contributed by atoms with Gasteiger partial charge in [-0.25, -0.2) is 0 Å². The molecule has 108 valence electrons. The van der Waals surface area contributed by atoms with Gasteiger partial charge in [0, 0.05) is 4.47 Å². The third kappa shape index (κ3) is 3.09. The number of benzene rings is 1. The van der Waals surface area contributed by atoms with Crippen LogP contribution in [0.1, 0.15) is 18.1 Å². The summed E-state index contributed by atoms with van der Waals surface area (Å²) in [5.74, 6) is 0. The van der Waals surface area contributed by atoms with E-state index < -0.39 is 17.9 Å². The molecule has 1 aromatic rings. The molecule has 2 N–H and O–H groups in total. The fraction of sp³-hybridized carbons (Fsp3) is 0.455. The summed E-state index contributed by atoms with van der Waals surface area (Å²) < 4.78 is 39.7. The summed E-state index contributed by atoms with van der Waals surface area (Å²) in [4.78, 5) is 0. The molecule has 1 rings (SSSR count). The van der Waals surface area contributed by atoms with Gasteiger partial charge in [0.15, 0.2) is 0 Å². The van der Waals surface area contributed by atoms with Crippen molar-refractivity contribution in [2.45, 2.75) is 29.9 Å². The fourth-order valence-corrected chi connectivity index (χ4v) is 2.98. The van der Waals surface area contributed by atoms with Crippen molar-refractivity contribution in [2.75, 3.05) is 0 Å². The lowest BCUT2D eigenvalue weighted by atomic mass is 9.40. The van der Waals surface area contributed by atoms with Gasteiger partial charge in [-0.05, 0) is 18.6 Å². The molecule has 20 heavy (non-hydrogen) atoms. The molecular formula is C11H15B3BrF3O2. The molecule has 0 heterocycles. The van der Waals surface area contributed by atoms with Gasteiger partial charge in [0.1, 0.15) is 0 Å². The molecule has 2 nitrogen and oxygen atoms in total. The van der Waals surface area contributed by atoms with Crippen LogP contribution in [-0.2, 0) is 10.7 Å². The normalized spacial score (nSPS) is 17.6. The van der Waals surface area contributed by atoms with E-state index in [1.807, 2.05) is 23.5 Å². The van der Waals surface area contributed by atoms with Crippen molar-refractivity contribution in [1.82, 2.24) is 0 Å². The topological polar surface area (TPSA) is 40.5 Å². The van der Waals surface area contributed by atoms with Crippen molar-refractivity contribution in [3.63, 3.8) is 0 Å². The van der Waals surface area contributed by atoms with E-state index >= 15 is 0 Å². The standard InChI is InChI=1S/C11H15B3BrF3O2/c1-5(19)9(20,11(16,17)18)6-2-3-7(8(15)4-6)10(12,13)14/h2-5,19-20H,12-14H2,1H3. The van der Waals surface area contributed by atoms with Crippen LogP contribution in [0.5, 0.6) is 0 Å². The highest BCUT2D eigenvalue weighted by Gasteiger charge is 2.58. The van der Waals surface area contributed by atoms with E-state index in [2.05, 4.69) is 15.9 Å². The first-order chi connectivity index (χ1) is 8.81. The molecule has 0 aliphatic carbocycles. The number of aliphatic hydroxyl groups is 2. The Morgan fingerprint density at radius 3 is 2.00 bits per heavy atom. The highest BCUT2D eigenvalue weighted by molar-refractivity contribution is 9.10. The first-order valence-corrected chi connectivity index (χ1v) is 6.88. The Kier molecular flexibility index (Phi) is 4.79. The minimum absolute atomic E-state index is 0.251. The number of alkyl halides is 3. The van der Waals surface area contributed by atoms with Gasteiger partial charge in [-0.1, -0.05) is 38.7 Å². The summed E-state index contributed by atoms with van der Waals surface area (Å²) in [6, 6.07) is 3.94. The van der Waals surface area contributed by atoms with Crippen molar-refractivity contribution in [2.24, 2.45) is 0 Å². The summed E-state index contributed by atoms with van der Waals surface area (Å²) in [7, 11) is 5.78. The molecule has 0 radical (unpaired) electrons. The van der Waals surface area contributed by atoms with Gasteiger partial charge in [-0.3, -0.25) is 0 Å². The zero-order chi connectivity index (χ0) is 15.9. The molecule has 0 aromatic heterocycles. The van der Waals surface area contributed by atoms with Gasteiger partial charge in [0.25, 0.3) is 0 Å². The van der Waals surface area contributed by atoms with Crippen molar-refractivity contribution in [3.8, 4) is 0 Å². The molecule has 9 heteroatoms. The lowest BCUT2D eigenvalue weighted by Gasteiger charge is -2.34. The fourth-order valence-electron chi connectivity index (χ4n) is 2.00. The Hall–Kier alpha value is -0.395. The van der Waals surface area contributed by atoms with Crippen LogP contribution < -0.4 is 0 Å². The molecule has 0 saturated carbocycles. The summed E-state index contributed by atoms with van der Waals surface area (Å²) >= 11 is 3.23. The van der Waals surface area contributed by atoms with Crippen molar-refractivity contribution in [3.05, 3.63) is 33.8 Å². The number of hydrogen-bond acceptors (Lipinski definition) is 2. The van der Waals surface area contributed by atoms with E-state index in [4.69, 9.17) is 0 Å². The number of rotatable bonds is 3. The quantitative estimate of drug-likeness (QED) is 0.729. The van der Waals surface area contributed by atoms with Crippen LogP contribution in [0.15, 0.2) is 22.7 Å². The van der Waals surface area contributed by atoms with Gasteiger partial charge < -0.3 is 10.2 Å². The van der Waals surface area contributed by atoms with Crippen LogP contribution in [0, 0.1) is 0 Å². The smallest absolute Gasteiger partial charge is 0.390 e. The number of aliphatic hydroxyl groups excluding tert-OH is 1. The molecule has 0 spiro atoms. The highest BCUT2D eigenvalue weighted by atomic mass is 79.9. The molecular weight excluding hydrogens is 333 g/mol. The van der Waals surface area contributed by atoms with E-state index in [1.54, 1.807) is 0 Å².